The smallest absolute Gasteiger partial charge is 0.263 e. The lowest BCUT2D eigenvalue weighted by Crippen LogP contribution is -2.46. The topological polar surface area (TPSA) is 56.1 Å². The van der Waals surface area contributed by atoms with Gasteiger partial charge in [0.2, 0.25) is 0 Å². The van der Waals surface area contributed by atoms with E-state index in [9.17, 15) is 9.18 Å². The molecule has 0 aliphatic carbocycles. The van der Waals surface area contributed by atoms with E-state index in [-0.39, 0.29) is 11.7 Å². The highest BCUT2D eigenvalue weighted by Gasteiger charge is 2.29. The molecule has 0 radical (unpaired) electrons. The third kappa shape index (κ3) is 4.27. The fourth-order valence-corrected chi connectivity index (χ4v) is 2.43. The molecule has 0 saturated carbocycles. The SMILES string of the molecule is CC(C)(Oc1ccc(F)cc1)C(=O)NCc1ccc(-n2cccn2)cc1. The Morgan fingerprint density at radius 2 is 1.85 bits per heavy atom. The van der Waals surface area contributed by atoms with E-state index in [1.165, 1.54) is 24.3 Å². The van der Waals surface area contributed by atoms with E-state index < -0.39 is 5.60 Å². The third-order valence-electron chi connectivity index (χ3n) is 3.89. The summed E-state index contributed by atoms with van der Waals surface area (Å²) in [6, 6.07) is 15.2. The van der Waals surface area contributed by atoms with Gasteiger partial charge in [-0.05, 0) is 61.9 Å². The van der Waals surface area contributed by atoms with Crippen molar-refractivity contribution in [3.8, 4) is 11.4 Å². The molecule has 0 spiro atoms. The van der Waals surface area contributed by atoms with Crippen molar-refractivity contribution in [3.05, 3.63) is 78.4 Å². The van der Waals surface area contributed by atoms with Crippen LogP contribution in [0.3, 0.4) is 0 Å². The quantitative estimate of drug-likeness (QED) is 0.738. The van der Waals surface area contributed by atoms with Crippen LogP contribution in [0.5, 0.6) is 5.75 Å². The molecule has 5 nitrogen and oxygen atoms in total. The molecule has 3 rings (SSSR count). The van der Waals surface area contributed by atoms with Gasteiger partial charge in [-0.2, -0.15) is 5.10 Å². The Kier molecular flexibility index (Phi) is 5.02. The maximum atomic E-state index is 13.0. The predicted molar refractivity (Wildman–Crippen MR) is 96.5 cm³/mol. The first kappa shape index (κ1) is 17.7. The molecule has 0 atom stereocenters. The van der Waals surface area contributed by atoms with Gasteiger partial charge in [0.05, 0.1) is 5.69 Å². The van der Waals surface area contributed by atoms with Gasteiger partial charge < -0.3 is 10.1 Å². The van der Waals surface area contributed by atoms with Crippen molar-refractivity contribution in [2.75, 3.05) is 0 Å². The Morgan fingerprint density at radius 1 is 1.15 bits per heavy atom. The van der Waals surface area contributed by atoms with Gasteiger partial charge in [0.15, 0.2) is 5.60 Å². The number of carbonyl (C=O) groups is 1. The zero-order valence-corrected chi connectivity index (χ0v) is 14.6. The van der Waals surface area contributed by atoms with E-state index in [4.69, 9.17) is 4.74 Å². The molecule has 1 aromatic heterocycles. The van der Waals surface area contributed by atoms with Gasteiger partial charge in [-0.3, -0.25) is 4.79 Å². The van der Waals surface area contributed by atoms with E-state index in [2.05, 4.69) is 10.4 Å². The van der Waals surface area contributed by atoms with E-state index in [0.717, 1.165) is 11.3 Å². The van der Waals surface area contributed by atoms with Crippen molar-refractivity contribution in [1.29, 1.82) is 0 Å². The van der Waals surface area contributed by atoms with Crippen LogP contribution in [0.2, 0.25) is 0 Å². The number of hydrogen-bond donors (Lipinski definition) is 1. The Morgan fingerprint density at radius 3 is 2.46 bits per heavy atom. The summed E-state index contributed by atoms with van der Waals surface area (Å²) in [5.41, 5.74) is 0.837. The molecule has 1 N–H and O–H groups in total. The fraction of sp³-hybridized carbons (Fsp3) is 0.200. The van der Waals surface area contributed by atoms with Crippen LogP contribution >= 0.6 is 0 Å². The Balaban J connectivity index is 1.57. The second-order valence-corrected chi connectivity index (χ2v) is 6.37. The van der Waals surface area contributed by atoms with E-state index in [0.29, 0.717) is 12.3 Å². The van der Waals surface area contributed by atoms with Gasteiger partial charge in [0.25, 0.3) is 5.91 Å². The highest BCUT2D eigenvalue weighted by atomic mass is 19.1. The Bertz CT molecular complexity index is 857. The van der Waals surface area contributed by atoms with Crippen molar-refractivity contribution in [1.82, 2.24) is 15.1 Å². The second-order valence-electron chi connectivity index (χ2n) is 6.37. The molecule has 0 aliphatic rings. The number of hydrogen-bond acceptors (Lipinski definition) is 3. The van der Waals surface area contributed by atoms with Crippen LogP contribution in [0.4, 0.5) is 4.39 Å². The molecule has 1 heterocycles. The molecule has 3 aromatic rings. The average molecular weight is 353 g/mol. The van der Waals surface area contributed by atoms with Gasteiger partial charge in [-0.1, -0.05) is 12.1 Å². The number of carbonyl (C=O) groups excluding carboxylic acids is 1. The zero-order chi connectivity index (χ0) is 18.6. The summed E-state index contributed by atoms with van der Waals surface area (Å²) >= 11 is 0. The van der Waals surface area contributed by atoms with Crippen LogP contribution in [0.1, 0.15) is 19.4 Å². The van der Waals surface area contributed by atoms with Crippen LogP contribution in [-0.4, -0.2) is 21.3 Å². The predicted octanol–water partition coefficient (Wildman–Crippen LogP) is 3.49. The highest BCUT2D eigenvalue weighted by Crippen LogP contribution is 2.19. The van der Waals surface area contributed by atoms with E-state index >= 15 is 0 Å². The minimum Gasteiger partial charge on any atom is -0.478 e. The van der Waals surface area contributed by atoms with Crippen LogP contribution in [0.15, 0.2) is 67.0 Å². The Labute approximate surface area is 151 Å². The number of ether oxygens (including phenoxy) is 1. The molecule has 0 aliphatic heterocycles. The van der Waals surface area contributed by atoms with Gasteiger partial charge >= 0.3 is 0 Å². The lowest BCUT2D eigenvalue weighted by molar-refractivity contribution is -0.134. The highest BCUT2D eigenvalue weighted by molar-refractivity contribution is 5.84. The van der Waals surface area contributed by atoms with Crippen molar-refractivity contribution >= 4 is 5.91 Å². The molecule has 0 saturated heterocycles. The summed E-state index contributed by atoms with van der Waals surface area (Å²) in [4.78, 5) is 12.4. The summed E-state index contributed by atoms with van der Waals surface area (Å²) in [7, 11) is 0. The van der Waals surface area contributed by atoms with E-state index in [1.54, 1.807) is 24.7 Å². The number of benzene rings is 2. The van der Waals surface area contributed by atoms with Crippen LogP contribution in [0, 0.1) is 5.82 Å². The first-order chi connectivity index (χ1) is 12.4. The summed E-state index contributed by atoms with van der Waals surface area (Å²) in [6.07, 6.45) is 3.59. The molecular weight excluding hydrogens is 333 g/mol. The maximum Gasteiger partial charge on any atom is 0.263 e. The van der Waals surface area contributed by atoms with E-state index in [1.807, 2.05) is 36.5 Å². The van der Waals surface area contributed by atoms with Gasteiger partial charge in [-0.15, -0.1) is 0 Å². The zero-order valence-electron chi connectivity index (χ0n) is 14.6. The molecule has 6 heteroatoms. The number of nitrogens with one attached hydrogen (secondary N) is 1. The molecule has 2 aromatic carbocycles. The lowest BCUT2D eigenvalue weighted by Gasteiger charge is -2.25. The number of halogens is 1. The van der Waals surface area contributed by atoms with Crippen LogP contribution < -0.4 is 10.1 Å². The van der Waals surface area contributed by atoms with Crippen LogP contribution in [0.25, 0.3) is 5.69 Å². The summed E-state index contributed by atoms with van der Waals surface area (Å²) < 4.78 is 20.4. The monoisotopic (exact) mass is 353 g/mol. The largest absolute Gasteiger partial charge is 0.478 e. The van der Waals surface area contributed by atoms with Crippen LogP contribution in [-0.2, 0) is 11.3 Å². The van der Waals surface area contributed by atoms with Gasteiger partial charge in [0, 0.05) is 18.9 Å². The Hall–Kier alpha value is -3.15. The molecule has 0 unspecified atom stereocenters. The van der Waals surface area contributed by atoms with Gasteiger partial charge in [-0.25, -0.2) is 9.07 Å². The molecule has 134 valence electrons. The first-order valence-corrected chi connectivity index (χ1v) is 8.26. The standard InChI is InChI=1S/C20H20FN3O2/c1-20(2,26-18-10-6-16(21)7-11-18)19(25)22-14-15-4-8-17(9-5-15)24-13-3-12-23-24/h3-13H,14H2,1-2H3,(H,22,25). The summed E-state index contributed by atoms with van der Waals surface area (Å²) in [5.74, 6) is -0.161. The minimum atomic E-state index is -1.08. The maximum absolute atomic E-state index is 13.0. The second kappa shape index (κ2) is 7.39. The number of amides is 1. The average Bonchev–Trinajstić information content (AvgIpc) is 3.16. The molecule has 1 amide bonds. The molecule has 0 bridgehead atoms. The van der Waals surface area contributed by atoms with Crippen molar-refractivity contribution in [2.24, 2.45) is 0 Å². The fourth-order valence-electron chi connectivity index (χ4n) is 2.43. The number of aromatic nitrogens is 2. The third-order valence-corrected chi connectivity index (χ3v) is 3.89. The van der Waals surface area contributed by atoms with Crippen molar-refractivity contribution in [2.45, 2.75) is 26.0 Å². The number of rotatable bonds is 6. The molecule has 0 fully saturated rings. The lowest BCUT2D eigenvalue weighted by atomic mass is 10.1. The molecule has 26 heavy (non-hydrogen) atoms. The van der Waals surface area contributed by atoms with Crippen molar-refractivity contribution in [3.63, 3.8) is 0 Å². The summed E-state index contributed by atoms with van der Waals surface area (Å²) in [6.45, 7) is 3.73. The number of nitrogens with zero attached hydrogens (tertiary/aromatic N) is 2. The minimum absolute atomic E-state index is 0.252. The molecular formula is C20H20FN3O2. The normalized spacial score (nSPS) is 11.2. The van der Waals surface area contributed by atoms with Gasteiger partial charge in [0.1, 0.15) is 11.6 Å². The van der Waals surface area contributed by atoms with Crippen molar-refractivity contribution < 1.29 is 13.9 Å². The summed E-state index contributed by atoms with van der Waals surface area (Å²) in [5, 5.41) is 7.04. The first-order valence-electron chi connectivity index (χ1n) is 8.26.